The molecular weight excluding hydrogens is 418 g/mol. The number of benzene rings is 1. The normalized spacial score (nSPS) is 14.7. The van der Waals surface area contributed by atoms with Gasteiger partial charge in [0.1, 0.15) is 5.82 Å². The van der Waals surface area contributed by atoms with Gasteiger partial charge in [0.15, 0.2) is 6.29 Å². The summed E-state index contributed by atoms with van der Waals surface area (Å²) in [5.41, 5.74) is 4.38. The first-order chi connectivity index (χ1) is 16.0. The summed E-state index contributed by atoms with van der Waals surface area (Å²) < 4.78 is 16.6. The number of aromatic amines is 1. The van der Waals surface area contributed by atoms with Crippen molar-refractivity contribution in [1.82, 2.24) is 14.9 Å². The lowest BCUT2D eigenvalue weighted by Gasteiger charge is -2.36. The van der Waals surface area contributed by atoms with E-state index in [4.69, 9.17) is 14.2 Å². The van der Waals surface area contributed by atoms with Crippen LogP contribution in [-0.2, 0) is 25.4 Å². The first-order valence-electron chi connectivity index (χ1n) is 12.1. The molecule has 0 bridgehead atoms. The molecule has 0 saturated heterocycles. The van der Waals surface area contributed by atoms with Gasteiger partial charge < -0.3 is 24.1 Å². The van der Waals surface area contributed by atoms with E-state index in [1.54, 1.807) is 14.2 Å². The zero-order chi connectivity index (χ0) is 23.6. The van der Waals surface area contributed by atoms with Crippen molar-refractivity contribution < 1.29 is 19.0 Å². The van der Waals surface area contributed by atoms with Crippen LogP contribution in [0.5, 0.6) is 0 Å². The molecule has 7 nitrogen and oxygen atoms in total. The molecule has 0 atom stereocenters. The standard InChI is InChI=1S/C26H39N3O4/c1-19-20(2)28-26(27-19)22-10-8-9-21(17-22)13-15-33-16-14-24(30)29(18-25(31-3)32-4)23-11-6-5-7-12-23/h8-10,17,23,25H,5-7,11-16,18H2,1-4H3,(H,27,28). The minimum atomic E-state index is -0.397. The topological polar surface area (TPSA) is 76.7 Å². The molecule has 1 heterocycles. The van der Waals surface area contributed by atoms with Crippen molar-refractivity contribution >= 4 is 5.91 Å². The fourth-order valence-corrected chi connectivity index (χ4v) is 4.41. The molecule has 1 saturated carbocycles. The van der Waals surface area contributed by atoms with Crippen LogP contribution in [0, 0.1) is 13.8 Å². The summed E-state index contributed by atoms with van der Waals surface area (Å²) in [4.78, 5) is 22.9. The Morgan fingerprint density at radius 3 is 2.58 bits per heavy atom. The van der Waals surface area contributed by atoms with E-state index in [1.807, 2.05) is 24.8 Å². The molecular formula is C26H39N3O4. The third kappa shape index (κ3) is 7.39. The molecule has 1 aliphatic carbocycles. The number of amides is 1. The Labute approximate surface area is 197 Å². The number of carbonyl (C=O) groups is 1. The van der Waals surface area contributed by atoms with Crippen LogP contribution in [0.3, 0.4) is 0 Å². The number of rotatable bonds is 12. The number of aromatic nitrogens is 2. The van der Waals surface area contributed by atoms with Gasteiger partial charge in [-0.3, -0.25) is 4.79 Å². The van der Waals surface area contributed by atoms with E-state index in [0.717, 1.165) is 42.0 Å². The zero-order valence-corrected chi connectivity index (χ0v) is 20.6. The van der Waals surface area contributed by atoms with E-state index in [2.05, 4.69) is 28.2 Å². The van der Waals surface area contributed by atoms with Gasteiger partial charge in [-0.15, -0.1) is 0 Å². The second kappa shape index (κ2) is 12.9. The highest BCUT2D eigenvalue weighted by molar-refractivity contribution is 5.76. The van der Waals surface area contributed by atoms with Gasteiger partial charge in [-0.1, -0.05) is 37.5 Å². The number of imidazole rings is 1. The minimum Gasteiger partial charge on any atom is -0.381 e. The Morgan fingerprint density at radius 1 is 1.15 bits per heavy atom. The average Bonchev–Trinajstić information content (AvgIpc) is 3.18. The van der Waals surface area contributed by atoms with Gasteiger partial charge in [0.25, 0.3) is 0 Å². The van der Waals surface area contributed by atoms with E-state index < -0.39 is 6.29 Å². The van der Waals surface area contributed by atoms with Crippen LogP contribution in [0.25, 0.3) is 11.4 Å². The lowest BCUT2D eigenvalue weighted by molar-refractivity contribution is -0.151. The van der Waals surface area contributed by atoms with Crippen molar-refractivity contribution in [3.63, 3.8) is 0 Å². The van der Waals surface area contributed by atoms with Gasteiger partial charge in [-0.25, -0.2) is 4.98 Å². The fourth-order valence-electron chi connectivity index (χ4n) is 4.41. The smallest absolute Gasteiger partial charge is 0.225 e. The van der Waals surface area contributed by atoms with Gasteiger partial charge in [0.05, 0.1) is 31.9 Å². The number of aryl methyl sites for hydroxylation is 2. The maximum Gasteiger partial charge on any atom is 0.225 e. The Hall–Kier alpha value is -2.22. The number of hydrogen-bond donors (Lipinski definition) is 1. The summed E-state index contributed by atoms with van der Waals surface area (Å²) in [5, 5.41) is 0. The lowest BCUT2D eigenvalue weighted by atomic mass is 9.94. The van der Waals surface area contributed by atoms with E-state index in [9.17, 15) is 4.79 Å². The number of nitrogens with one attached hydrogen (secondary N) is 1. The number of hydrogen-bond acceptors (Lipinski definition) is 5. The van der Waals surface area contributed by atoms with Crippen LogP contribution in [0.1, 0.15) is 55.5 Å². The van der Waals surface area contributed by atoms with E-state index in [1.165, 1.54) is 24.8 Å². The van der Waals surface area contributed by atoms with Crippen LogP contribution in [0.4, 0.5) is 0 Å². The largest absolute Gasteiger partial charge is 0.381 e. The molecule has 1 aromatic carbocycles. The summed E-state index contributed by atoms with van der Waals surface area (Å²) >= 11 is 0. The molecule has 7 heteroatoms. The van der Waals surface area contributed by atoms with Crippen molar-refractivity contribution in [3.05, 3.63) is 41.2 Å². The van der Waals surface area contributed by atoms with Crippen molar-refractivity contribution in [2.75, 3.05) is 34.0 Å². The predicted octanol–water partition coefficient (Wildman–Crippen LogP) is 4.42. The second-order valence-electron chi connectivity index (χ2n) is 8.85. The quantitative estimate of drug-likeness (QED) is 0.377. The van der Waals surface area contributed by atoms with Gasteiger partial charge in [-0.05, 0) is 44.7 Å². The molecule has 33 heavy (non-hydrogen) atoms. The van der Waals surface area contributed by atoms with Crippen LogP contribution in [0.2, 0.25) is 0 Å². The van der Waals surface area contributed by atoms with Crippen molar-refractivity contribution in [2.45, 2.75) is 71.1 Å². The number of nitrogens with zero attached hydrogens (tertiary/aromatic N) is 2. The number of ether oxygens (including phenoxy) is 3. The first kappa shape index (κ1) is 25.4. The Morgan fingerprint density at radius 2 is 1.91 bits per heavy atom. The maximum atomic E-state index is 13.0. The molecule has 1 amide bonds. The molecule has 0 radical (unpaired) electrons. The molecule has 3 rings (SSSR count). The SMILES string of the molecule is COC(CN(C(=O)CCOCCc1cccc(-c2nc(C)c(C)[nH]2)c1)C1CCCCC1)OC. The van der Waals surface area contributed by atoms with E-state index in [0.29, 0.717) is 26.2 Å². The summed E-state index contributed by atoms with van der Waals surface area (Å²) in [5.74, 6) is 1.01. The number of H-pyrrole nitrogens is 1. The first-order valence-corrected chi connectivity index (χ1v) is 12.1. The number of carbonyl (C=O) groups excluding carboxylic acids is 1. The zero-order valence-electron chi connectivity index (χ0n) is 20.6. The van der Waals surface area contributed by atoms with Crippen LogP contribution >= 0.6 is 0 Å². The van der Waals surface area contributed by atoms with E-state index in [-0.39, 0.29) is 11.9 Å². The molecule has 1 N–H and O–H groups in total. The number of methoxy groups -OCH3 is 2. The summed E-state index contributed by atoms with van der Waals surface area (Å²) in [7, 11) is 3.23. The van der Waals surface area contributed by atoms with Crippen LogP contribution in [0.15, 0.2) is 24.3 Å². The Bertz CT molecular complexity index is 853. The highest BCUT2D eigenvalue weighted by Crippen LogP contribution is 2.24. The summed E-state index contributed by atoms with van der Waals surface area (Å²) in [6.45, 7) is 5.51. The van der Waals surface area contributed by atoms with Crippen LogP contribution < -0.4 is 0 Å². The second-order valence-corrected chi connectivity index (χ2v) is 8.85. The Balaban J connectivity index is 1.47. The molecule has 1 aromatic heterocycles. The molecule has 0 aliphatic heterocycles. The monoisotopic (exact) mass is 457 g/mol. The lowest BCUT2D eigenvalue weighted by Crippen LogP contribution is -2.46. The molecule has 1 fully saturated rings. The third-order valence-electron chi connectivity index (χ3n) is 6.53. The third-order valence-corrected chi connectivity index (χ3v) is 6.53. The van der Waals surface area contributed by atoms with E-state index >= 15 is 0 Å². The molecule has 1 aliphatic rings. The predicted molar refractivity (Wildman–Crippen MR) is 129 cm³/mol. The van der Waals surface area contributed by atoms with Crippen LogP contribution in [-0.4, -0.2) is 67.1 Å². The highest BCUT2D eigenvalue weighted by Gasteiger charge is 2.27. The van der Waals surface area contributed by atoms with Crippen molar-refractivity contribution in [1.29, 1.82) is 0 Å². The summed E-state index contributed by atoms with van der Waals surface area (Å²) in [6.07, 6.45) is 6.47. The maximum absolute atomic E-state index is 13.0. The van der Waals surface area contributed by atoms with Gasteiger partial charge >= 0.3 is 0 Å². The van der Waals surface area contributed by atoms with Gasteiger partial charge in [0, 0.05) is 31.5 Å². The fraction of sp³-hybridized carbons (Fsp3) is 0.615. The van der Waals surface area contributed by atoms with Crippen molar-refractivity contribution in [3.8, 4) is 11.4 Å². The molecule has 182 valence electrons. The van der Waals surface area contributed by atoms with Crippen molar-refractivity contribution in [2.24, 2.45) is 0 Å². The highest BCUT2D eigenvalue weighted by atomic mass is 16.7. The molecule has 0 unspecified atom stereocenters. The molecule has 0 spiro atoms. The summed E-state index contributed by atoms with van der Waals surface area (Å²) in [6, 6.07) is 8.63. The minimum absolute atomic E-state index is 0.117. The average molecular weight is 458 g/mol. The van der Waals surface area contributed by atoms with Gasteiger partial charge in [-0.2, -0.15) is 0 Å². The van der Waals surface area contributed by atoms with Gasteiger partial charge in [0.2, 0.25) is 5.91 Å². The Kier molecular flexibility index (Phi) is 9.91. The molecule has 2 aromatic rings.